The summed E-state index contributed by atoms with van der Waals surface area (Å²) in [4.78, 5) is 49.6. The van der Waals surface area contributed by atoms with Crippen LogP contribution in [0.5, 0.6) is 0 Å². The van der Waals surface area contributed by atoms with Crippen molar-refractivity contribution in [3.8, 4) is 0 Å². The van der Waals surface area contributed by atoms with Crippen LogP contribution in [0.15, 0.2) is 18.2 Å². The van der Waals surface area contributed by atoms with Crippen LogP contribution < -0.4 is 5.32 Å². The molecule has 0 spiro atoms. The summed E-state index contributed by atoms with van der Waals surface area (Å²) in [7, 11) is 1.26. The van der Waals surface area contributed by atoms with Gasteiger partial charge in [-0.05, 0) is 51.3 Å². The molecule has 0 aliphatic carbocycles. The summed E-state index contributed by atoms with van der Waals surface area (Å²) in [5, 5.41) is 12.3. The first-order chi connectivity index (χ1) is 14.8. The van der Waals surface area contributed by atoms with Crippen LogP contribution in [0.3, 0.4) is 0 Å². The SMILES string of the molecule is CCOC(=O)C(CC)CC(C)(CC(C)(C)C(=O)Nc1ccc(Cl)cc1C(=O)O)C(=O)OC. The van der Waals surface area contributed by atoms with E-state index in [1.807, 2.05) is 6.92 Å². The van der Waals surface area contributed by atoms with Crippen molar-refractivity contribution in [2.45, 2.75) is 53.9 Å². The van der Waals surface area contributed by atoms with Crippen LogP contribution >= 0.6 is 11.6 Å². The third-order valence-corrected chi connectivity index (χ3v) is 5.63. The summed E-state index contributed by atoms with van der Waals surface area (Å²) in [6.45, 7) is 8.70. The van der Waals surface area contributed by atoms with E-state index in [1.54, 1.807) is 27.7 Å². The number of carboxylic acid groups (broad SMARTS) is 1. The van der Waals surface area contributed by atoms with E-state index in [2.05, 4.69) is 5.32 Å². The highest BCUT2D eigenvalue weighted by Gasteiger charge is 2.45. The lowest BCUT2D eigenvalue weighted by Crippen LogP contribution is -2.42. The van der Waals surface area contributed by atoms with Crippen molar-refractivity contribution in [3.05, 3.63) is 28.8 Å². The molecule has 0 aliphatic heterocycles. The van der Waals surface area contributed by atoms with Gasteiger partial charge in [0.1, 0.15) is 0 Å². The number of carboxylic acids is 1. The summed E-state index contributed by atoms with van der Waals surface area (Å²) in [5.74, 6) is -3.20. The molecular weight excluding hydrogens is 438 g/mol. The van der Waals surface area contributed by atoms with E-state index < -0.39 is 40.6 Å². The Kier molecular flexibility index (Phi) is 9.70. The van der Waals surface area contributed by atoms with Crippen molar-refractivity contribution in [1.82, 2.24) is 0 Å². The molecule has 0 heterocycles. The van der Waals surface area contributed by atoms with Crippen LogP contribution in [0.2, 0.25) is 5.02 Å². The van der Waals surface area contributed by atoms with Gasteiger partial charge in [-0.2, -0.15) is 0 Å². The first kappa shape index (κ1) is 27.4. The van der Waals surface area contributed by atoms with Crippen molar-refractivity contribution < 1.29 is 33.8 Å². The van der Waals surface area contributed by atoms with Crippen molar-refractivity contribution in [2.24, 2.45) is 16.7 Å². The first-order valence-electron chi connectivity index (χ1n) is 10.4. The second-order valence-electron chi connectivity index (χ2n) is 8.62. The minimum atomic E-state index is -1.24. The molecule has 0 saturated heterocycles. The Hall–Kier alpha value is -2.61. The lowest BCUT2D eigenvalue weighted by atomic mass is 9.69. The Morgan fingerprint density at radius 3 is 2.28 bits per heavy atom. The first-order valence-corrected chi connectivity index (χ1v) is 10.8. The van der Waals surface area contributed by atoms with Crippen LogP contribution in [0, 0.1) is 16.7 Å². The zero-order valence-electron chi connectivity index (χ0n) is 19.4. The van der Waals surface area contributed by atoms with Gasteiger partial charge in [0.05, 0.1) is 36.3 Å². The van der Waals surface area contributed by atoms with Crippen molar-refractivity contribution in [3.63, 3.8) is 0 Å². The molecule has 0 radical (unpaired) electrons. The molecule has 0 aromatic heterocycles. The van der Waals surface area contributed by atoms with Gasteiger partial charge < -0.3 is 19.9 Å². The second kappa shape index (κ2) is 11.3. The Bertz CT molecular complexity index is 868. The third-order valence-electron chi connectivity index (χ3n) is 5.39. The smallest absolute Gasteiger partial charge is 0.337 e. The predicted octanol–water partition coefficient (Wildman–Crippen LogP) is 4.55. The van der Waals surface area contributed by atoms with Gasteiger partial charge in [-0.3, -0.25) is 14.4 Å². The Balaban J connectivity index is 3.18. The molecule has 9 heteroatoms. The molecule has 2 unspecified atom stereocenters. The van der Waals surface area contributed by atoms with E-state index >= 15 is 0 Å². The average molecular weight is 470 g/mol. The molecule has 32 heavy (non-hydrogen) atoms. The third kappa shape index (κ3) is 6.95. The molecular formula is C23H32ClNO7. The number of methoxy groups -OCH3 is 1. The van der Waals surface area contributed by atoms with Gasteiger partial charge in [0.2, 0.25) is 5.91 Å². The average Bonchev–Trinajstić information content (AvgIpc) is 2.72. The van der Waals surface area contributed by atoms with E-state index in [-0.39, 0.29) is 35.7 Å². The Morgan fingerprint density at radius 2 is 1.78 bits per heavy atom. The fraction of sp³-hybridized carbons (Fsp3) is 0.565. The fourth-order valence-electron chi connectivity index (χ4n) is 3.82. The summed E-state index contributed by atoms with van der Waals surface area (Å²) in [6.07, 6.45) is 0.669. The molecule has 1 amide bonds. The van der Waals surface area contributed by atoms with Crippen molar-refractivity contribution in [1.29, 1.82) is 0 Å². The van der Waals surface area contributed by atoms with E-state index in [9.17, 15) is 24.3 Å². The molecule has 0 bridgehead atoms. The molecule has 178 valence electrons. The number of ether oxygens (including phenoxy) is 2. The van der Waals surface area contributed by atoms with Crippen molar-refractivity contribution >= 4 is 41.1 Å². The maximum atomic E-state index is 13.1. The maximum Gasteiger partial charge on any atom is 0.337 e. The number of esters is 2. The molecule has 2 atom stereocenters. The summed E-state index contributed by atoms with van der Waals surface area (Å²) < 4.78 is 10.1. The lowest BCUT2D eigenvalue weighted by Gasteiger charge is -2.36. The predicted molar refractivity (Wildman–Crippen MR) is 121 cm³/mol. The topological polar surface area (TPSA) is 119 Å². The number of aromatic carboxylic acids is 1. The van der Waals surface area contributed by atoms with Crippen LogP contribution in [-0.4, -0.2) is 42.6 Å². The molecule has 1 rings (SSSR count). The molecule has 1 aromatic carbocycles. The number of benzene rings is 1. The minimum Gasteiger partial charge on any atom is -0.478 e. The number of anilines is 1. The Morgan fingerprint density at radius 1 is 1.16 bits per heavy atom. The Labute approximate surface area is 193 Å². The van der Waals surface area contributed by atoms with Crippen LogP contribution in [0.4, 0.5) is 5.69 Å². The number of amides is 1. The molecule has 0 saturated carbocycles. The number of hydrogen-bond acceptors (Lipinski definition) is 6. The highest BCUT2D eigenvalue weighted by Crippen LogP contribution is 2.41. The van der Waals surface area contributed by atoms with Gasteiger partial charge in [0.15, 0.2) is 0 Å². The fourth-order valence-corrected chi connectivity index (χ4v) is 3.99. The molecule has 0 aliphatic rings. The van der Waals surface area contributed by atoms with E-state index in [1.165, 1.54) is 25.3 Å². The number of nitrogens with one attached hydrogen (secondary N) is 1. The van der Waals surface area contributed by atoms with E-state index in [0.29, 0.717) is 6.42 Å². The largest absolute Gasteiger partial charge is 0.478 e. The highest BCUT2D eigenvalue weighted by atomic mass is 35.5. The monoisotopic (exact) mass is 469 g/mol. The molecule has 1 aromatic rings. The lowest BCUT2D eigenvalue weighted by molar-refractivity contribution is -0.158. The number of halogens is 1. The van der Waals surface area contributed by atoms with E-state index in [0.717, 1.165) is 0 Å². The number of carbonyl (C=O) groups excluding carboxylic acids is 3. The van der Waals surface area contributed by atoms with E-state index in [4.69, 9.17) is 21.1 Å². The zero-order valence-corrected chi connectivity index (χ0v) is 20.2. The number of hydrogen-bond donors (Lipinski definition) is 2. The molecule has 8 nitrogen and oxygen atoms in total. The van der Waals surface area contributed by atoms with Crippen molar-refractivity contribution in [2.75, 3.05) is 19.0 Å². The van der Waals surface area contributed by atoms with Gasteiger partial charge in [-0.1, -0.05) is 32.4 Å². The van der Waals surface area contributed by atoms with Gasteiger partial charge >= 0.3 is 17.9 Å². The number of carbonyl (C=O) groups is 4. The molecule has 0 fully saturated rings. The number of rotatable bonds is 11. The van der Waals surface area contributed by atoms with Gasteiger partial charge in [-0.25, -0.2) is 4.79 Å². The highest BCUT2D eigenvalue weighted by molar-refractivity contribution is 6.31. The summed E-state index contributed by atoms with van der Waals surface area (Å²) >= 11 is 5.87. The van der Waals surface area contributed by atoms with Crippen LogP contribution in [0.25, 0.3) is 0 Å². The summed E-state index contributed by atoms with van der Waals surface area (Å²) in [5.41, 5.74) is -2.31. The second-order valence-corrected chi connectivity index (χ2v) is 9.06. The van der Waals surface area contributed by atoms with Gasteiger partial charge in [0.25, 0.3) is 0 Å². The normalized spacial score (nSPS) is 14.1. The summed E-state index contributed by atoms with van der Waals surface area (Å²) in [6, 6.07) is 4.13. The van der Waals surface area contributed by atoms with Crippen LogP contribution in [-0.2, 0) is 23.9 Å². The standard InChI is InChI=1S/C23H32ClNO7/c1-7-14(19(28)32-8-2)12-23(5,21(30)31-6)13-22(3,4)20(29)25-17-10-9-15(24)11-16(17)18(26)27/h9-11,14H,7-8,12-13H2,1-6H3,(H,25,29)(H,26,27). The quantitative estimate of drug-likeness (QED) is 0.456. The van der Waals surface area contributed by atoms with Gasteiger partial charge in [-0.15, -0.1) is 0 Å². The van der Waals surface area contributed by atoms with Crippen LogP contribution in [0.1, 0.15) is 64.2 Å². The maximum absolute atomic E-state index is 13.1. The molecule has 2 N–H and O–H groups in total. The zero-order chi connectivity index (χ0) is 24.7. The minimum absolute atomic E-state index is 0.0599. The van der Waals surface area contributed by atoms with Gasteiger partial charge in [0, 0.05) is 10.4 Å².